The Hall–Kier alpha value is -1.64. The van der Waals surface area contributed by atoms with Crippen molar-refractivity contribution in [3.63, 3.8) is 0 Å². The number of thiazole rings is 1. The quantitative estimate of drug-likeness (QED) is 0.804. The molecule has 3 rings (SSSR count). The molecule has 0 radical (unpaired) electrons. The van der Waals surface area contributed by atoms with Gasteiger partial charge in [0.25, 0.3) is 5.19 Å². The highest BCUT2D eigenvalue weighted by molar-refractivity contribution is 7.89. The van der Waals surface area contributed by atoms with Crippen LogP contribution in [0, 0.1) is 0 Å². The predicted molar refractivity (Wildman–Crippen MR) is 82.9 cm³/mol. The van der Waals surface area contributed by atoms with E-state index in [0.717, 1.165) is 0 Å². The first-order valence-electron chi connectivity index (χ1n) is 6.89. The van der Waals surface area contributed by atoms with Gasteiger partial charge in [-0.25, -0.2) is 13.4 Å². The lowest BCUT2D eigenvalue weighted by atomic mass is 10.2. The lowest BCUT2D eigenvalue weighted by Gasteiger charge is -2.37. The number of benzene rings is 1. The largest absolute Gasteiger partial charge is 0.492 e. The van der Waals surface area contributed by atoms with Crippen molar-refractivity contribution in [2.24, 2.45) is 0 Å². The minimum Gasteiger partial charge on any atom is -0.492 e. The maximum Gasteiger partial charge on any atom is 0.273 e. The van der Waals surface area contributed by atoms with E-state index >= 15 is 0 Å². The maximum atomic E-state index is 12.6. The van der Waals surface area contributed by atoms with Gasteiger partial charge in [-0.05, 0) is 19.1 Å². The van der Waals surface area contributed by atoms with E-state index < -0.39 is 10.0 Å². The zero-order chi connectivity index (χ0) is 15.6. The molecule has 0 unspecified atom stereocenters. The Morgan fingerprint density at radius 1 is 1.36 bits per heavy atom. The highest BCUT2D eigenvalue weighted by atomic mass is 32.2. The number of para-hydroxylation sites is 1. The molecule has 1 fully saturated rings. The summed E-state index contributed by atoms with van der Waals surface area (Å²) in [6.45, 7) is 2.89. The Labute approximate surface area is 133 Å². The van der Waals surface area contributed by atoms with Gasteiger partial charge in [0.15, 0.2) is 0 Å². The second kappa shape index (κ2) is 6.23. The first kappa shape index (κ1) is 15.3. The lowest BCUT2D eigenvalue weighted by molar-refractivity contribution is 0.0758. The Bertz CT molecular complexity index is 725. The van der Waals surface area contributed by atoms with Crippen LogP contribution >= 0.6 is 11.3 Å². The number of rotatable bonds is 6. The van der Waals surface area contributed by atoms with E-state index in [-0.39, 0.29) is 11.0 Å². The fourth-order valence-corrected chi connectivity index (χ4v) is 4.35. The Kier molecular flexibility index (Phi) is 4.32. The third-order valence-corrected chi connectivity index (χ3v) is 5.79. The van der Waals surface area contributed by atoms with Crippen LogP contribution in [0.2, 0.25) is 0 Å². The molecular weight excluding hydrogens is 324 g/mol. The summed E-state index contributed by atoms with van der Waals surface area (Å²) in [6, 6.07) is 6.68. The van der Waals surface area contributed by atoms with Gasteiger partial charge in [0.1, 0.15) is 16.7 Å². The van der Waals surface area contributed by atoms with E-state index in [0.29, 0.717) is 30.6 Å². The van der Waals surface area contributed by atoms with Crippen LogP contribution in [0.4, 0.5) is 0 Å². The van der Waals surface area contributed by atoms with Crippen LogP contribution in [0.1, 0.15) is 6.92 Å². The molecule has 0 aliphatic carbocycles. The molecular formula is C14H16N2O4S2. The van der Waals surface area contributed by atoms with Crippen LogP contribution in [-0.2, 0) is 10.0 Å². The highest BCUT2D eigenvalue weighted by Gasteiger charge is 2.39. The molecule has 2 heterocycles. The van der Waals surface area contributed by atoms with Gasteiger partial charge in [0.05, 0.1) is 19.7 Å². The van der Waals surface area contributed by atoms with Crippen LogP contribution in [0.15, 0.2) is 40.7 Å². The molecule has 2 aromatic rings. The molecule has 1 aliphatic heterocycles. The number of hydrogen-bond acceptors (Lipinski definition) is 6. The van der Waals surface area contributed by atoms with Crippen molar-refractivity contribution in [1.29, 1.82) is 0 Å². The zero-order valence-electron chi connectivity index (χ0n) is 12.0. The SMILES string of the molecule is CCOc1ccccc1S(=O)(=O)N1CC(Oc2nccs2)C1. The van der Waals surface area contributed by atoms with Crippen molar-refractivity contribution >= 4 is 21.4 Å². The summed E-state index contributed by atoms with van der Waals surface area (Å²) in [7, 11) is -3.56. The maximum absolute atomic E-state index is 12.6. The standard InChI is InChI=1S/C14H16N2O4S2/c1-2-19-12-5-3-4-6-13(12)22(17,18)16-9-11(10-16)20-14-15-7-8-21-14/h3-8,11H,2,9-10H2,1H3. The van der Waals surface area contributed by atoms with Crippen LogP contribution < -0.4 is 9.47 Å². The minimum absolute atomic E-state index is 0.153. The van der Waals surface area contributed by atoms with Gasteiger partial charge < -0.3 is 9.47 Å². The van der Waals surface area contributed by atoms with E-state index in [9.17, 15) is 8.42 Å². The second-order valence-electron chi connectivity index (χ2n) is 4.74. The molecule has 0 bridgehead atoms. The van der Waals surface area contributed by atoms with Crippen molar-refractivity contribution in [1.82, 2.24) is 9.29 Å². The summed E-state index contributed by atoms with van der Waals surface area (Å²) in [5, 5.41) is 2.39. The third-order valence-electron chi connectivity index (χ3n) is 3.26. The Morgan fingerprint density at radius 2 is 2.14 bits per heavy atom. The molecule has 0 spiro atoms. The summed E-state index contributed by atoms with van der Waals surface area (Å²) in [5.41, 5.74) is 0. The molecule has 8 heteroatoms. The summed E-state index contributed by atoms with van der Waals surface area (Å²) >= 11 is 1.39. The van der Waals surface area contributed by atoms with E-state index in [1.807, 2.05) is 12.3 Å². The normalized spacial score (nSPS) is 16.2. The third kappa shape index (κ3) is 2.94. The summed E-state index contributed by atoms with van der Waals surface area (Å²) in [6.07, 6.45) is 1.51. The van der Waals surface area contributed by atoms with Gasteiger partial charge >= 0.3 is 0 Å². The smallest absolute Gasteiger partial charge is 0.273 e. The van der Waals surface area contributed by atoms with Crippen molar-refractivity contribution < 1.29 is 17.9 Å². The molecule has 22 heavy (non-hydrogen) atoms. The molecule has 1 saturated heterocycles. The Balaban J connectivity index is 1.70. The summed E-state index contributed by atoms with van der Waals surface area (Å²) in [5.74, 6) is 0.384. The monoisotopic (exact) mass is 340 g/mol. The molecule has 0 amide bonds. The van der Waals surface area contributed by atoms with Crippen molar-refractivity contribution in [3.05, 3.63) is 35.8 Å². The molecule has 118 valence electrons. The van der Waals surface area contributed by atoms with Crippen molar-refractivity contribution in [3.8, 4) is 10.9 Å². The molecule has 1 aliphatic rings. The van der Waals surface area contributed by atoms with Crippen molar-refractivity contribution in [2.75, 3.05) is 19.7 Å². The van der Waals surface area contributed by atoms with Crippen LogP contribution in [0.3, 0.4) is 0 Å². The molecule has 1 aromatic heterocycles. The van der Waals surface area contributed by atoms with Gasteiger partial charge in [-0.15, -0.1) is 0 Å². The second-order valence-corrected chi connectivity index (χ2v) is 7.50. The topological polar surface area (TPSA) is 68.7 Å². The fourth-order valence-electron chi connectivity index (χ4n) is 2.16. The zero-order valence-corrected chi connectivity index (χ0v) is 13.6. The van der Waals surface area contributed by atoms with E-state index in [1.54, 1.807) is 30.5 Å². The first-order valence-corrected chi connectivity index (χ1v) is 9.21. The van der Waals surface area contributed by atoms with Crippen molar-refractivity contribution in [2.45, 2.75) is 17.9 Å². The predicted octanol–water partition coefficient (Wildman–Crippen LogP) is 1.99. The average Bonchev–Trinajstić information content (AvgIpc) is 2.96. The number of sulfonamides is 1. The number of nitrogens with zero attached hydrogens (tertiary/aromatic N) is 2. The van der Waals surface area contributed by atoms with E-state index in [4.69, 9.17) is 9.47 Å². The number of hydrogen-bond donors (Lipinski definition) is 0. The molecule has 6 nitrogen and oxygen atoms in total. The van der Waals surface area contributed by atoms with E-state index in [1.165, 1.54) is 15.6 Å². The highest BCUT2D eigenvalue weighted by Crippen LogP contribution is 2.30. The molecule has 1 aromatic carbocycles. The summed E-state index contributed by atoms with van der Waals surface area (Å²) < 4.78 is 37.7. The van der Waals surface area contributed by atoms with Crippen LogP contribution in [-0.4, -0.2) is 43.5 Å². The van der Waals surface area contributed by atoms with Gasteiger partial charge in [-0.1, -0.05) is 23.5 Å². The van der Waals surface area contributed by atoms with Crippen LogP contribution in [0.25, 0.3) is 0 Å². The minimum atomic E-state index is -3.56. The van der Waals surface area contributed by atoms with Gasteiger partial charge in [0.2, 0.25) is 10.0 Å². The molecule has 0 saturated carbocycles. The fraction of sp³-hybridized carbons (Fsp3) is 0.357. The Morgan fingerprint density at radius 3 is 2.82 bits per heavy atom. The molecule has 0 N–H and O–H groups in total. The number of aromatic nitrogens is 1. The molecule has 0 atom stereocenters. The number of ether oxygens (including phenoxy) is 2. The van der Waals surface area contributed by atoms with Gasteiger partial charge in [-0.3, -0.25) is 0 Å². The van der Waals surface area contributed by atoms with Gasteiger partial charge in [-0.2, -0.15) is 4.31 Å². The van der Waals surface area contributed by atoms with E-state index in [2.05, 4.69) is 4.98 Å². The lowest BCUT2D eigenvalue weighted by Crippen LogP contribution is -2.55. The van der Waals surface area contributed by atoms with Crippen LogP contribution in [0.5, 0.6) is 10.9 Å². The summed E-state index contributed by atoms with van der Waals surface area (Å²) in [4.78, 5) is 4.23. The average molecular weight is 340 g/mol. The first-order chi connectivity index (χ1) is 10.6. The van der Waals surface area contributed by atoms with Gasteiger partial charge in [0, 0.05) is 11.6 Å².